The van der Waals surface area contributed by atoms with E-state index in [1.807, 2.05) is 71.8 Å². The highest BCUT2D eigenvalue weighted by Gasteiger charge is 2.70. The van der Waals surface area contributed by atoms with Gasteiger partial charge in [-0.05, 0) is 41.0 Å². The summed E-state index contributed by atoms with van der Waals surface area (Å²) in [6.07, 6.45) is 3.80. The van der Waals surface area contributed by atoms with Crippen molar-refractivity contribution in [3.8, 4) is 11.5 Å². The molecule has 3 aliphatic rings. The van der Waals surface area contributed by atoms with E-state index in [1.54, 1.807) is 49.6 Å². The van der Waals surface area contributed by atoms with Crippen LogP contribution < -0.4 is 14.8 Å². The van der Waals surface area contributed by atoms with Crippen LogP contribution in [0, 0.1) is 5.92 Å². The Morgan fingerprint density at radius 2 is 1.57 bits per heavy atom. The molecule has 0 aliphatic carbocycles. The maximum Gasteiger partial charge on any atom is 0.238 e. The van der Waals surface area contributed by atoms with E-state index in [-0.39, 0.29) is 17.5 Å². The quantitative estimate of drug-likeness (QED) is 0.308. The Balaban J connectivity index is 1.53. The van der Waals surface area contributed by atoms with Gasteiger partial charge in [0.25, 0.3) is 0 Å². The topological polar surface area (TPSA) is 84.9 Å². The number of carbonyl (C=O) groups is 3. The number of ether oxygens (including phenoxy) is 2. The highest BCUT2D eigenvalue weighted by atomic mass is 16.5. The Hall–Kier alpha value is -5.17. The van der Waals surface area contributed by atoms with Crippen molar-refractivity contribution in [2.24, 2.45) is 5.92 Å². The van der Waals surface area contributed by atoms with Gasteiger partial charge in [-0.1, -0.05) is 72.8 Å². The molecule has 7 nitrogen and oxygen atoms in total. The summed E-state index contributed by atoms with van der Waals surface area (Å²) in [6, 6.07) is 27.6. The number of nitrogens with one attached hydrogen (secondary N) is 1. The van der Waals surface area contributed by atoms with Gasteiger partial charge in [0.1, 0.15) is 23.0 Å². The minimum absolute atomic E-state index is 0.270. The van der Waals surface area contributed by atoms with E-state index in [1.165, 1.54) is 7.11 Å². The van der Waals surface area contributed by atoms with E-state index in [9.17, 15) is 14.4 Å². The Morgan fingerprint density at radius 3 is 2.36 bits per heavy atom. The average Bonchev–Trinajstić information content (AvgIpc) is 3.52. The zero-order valence-corrected chi connectivity index (χ0v) is 23.1. The number of carbonyl (C=O) groups excluding carboxylic acids is 3. The maximum absolute atomic E-state index is 14.8. The first-order valence-corrected chi connectivity index (χ1v) is 13.8. The smallest absolute Gasteiger partial charge is 0.238 e. The minimum atomic E-state index is -1.38. The van der Waals surface area contributed by atoms with Gasteiger partial charge in [-0.15, -0.1) is 0 Å². The molecule has 4 aromatic carbocycles. The second kappa shape index (κ2) is 9.73. The molecule has 1 amide bonds. The Labute approximate surface area is 243 Å². The van der Waals surface area contributed by atoms with Crippen molar-refractivity contribution in [3.63, 3.8) is 0 Å². The second-order valence-electron chi connectivity index (χ2n) is 10.7. The van der Waals surface area contributed by atoms with Gasteiger partial charge in [0.2, 0.25) is 5.91 Å². The maximum atomic E-state index is 14.8. The number of anilines is 1. The van der Waals surface area contributed by atoms with Crippen molar-refractivity contribution >= 4 is 29.2 Å². The molecule has 7 heteroatoms. The number of hydrogen-bond acceptors (Lipinski definition) is 6. The molecule has 0 radical (unpaired) electrons. The number of methoxy groups -OCH3 is 2. The molecule has 4 aromatic rings. The number of amides is 1. The summed E-state index contributed by atoms with van der Waals surface area (Å²) in [5.74, 6) is -1.06. The molecule has 0 unspecified atom stereocenters. The molecule has 42 heavy (non-hydrogen) atoms. The summed E-state index contributed by atoms with van der Waals surface area (Å²) in [5.41, 5.74) is 2.55. The molecule has 0 saturated carbocycles. The summed E-state index contributed by atoms with van der Waals surface area (Å²) in [5, 5.41) is 3.07. The van der Waals surface area contributed by atoms with Gasteiger partial charge in [-0.3, -0.25) is 14.4 Å². The van der Waals surface area contributed by atoms with Crippen LogP contribution in [0.15, 0.2) is 103 Å². The predicted octanol–water partition coefficient (Wildman–Crippen LogP) is 5.69. The molecule has 0 bridgehead atoms. The predicted molar refractivity (Wildman–Crippen MR) is 159 cm³/mol. The van der Waals surface area contributed by atoms with E-state index in [0.717, 1.165) is 11.1 Å². The van der Waals surface area contributed by atoms with Crippen molar-refractivity contribution in [2.75, 3.05) is 19.5 Å². The van der Waals surface area contributed by atoms with Gasteiger partial charge in [0.15, 0.2) is 11.6 Å². The van der Waals surface area contributed by atoms with Crippen molar-refractivity contribution < 1.29 is 23.9 Å². The SMILES string of the molecule is COc1ccc(C(=O)[C@@H]2[C@@H](C(=O)c3ccccc3)[C@]3(C(=O)Nc4ccccc43)[C@H]3c4ccccc4C=CN23)c(OC)c1. The largest absolute Gasteiger partial charge is 0.497 e. The lowest BCUT2D eigenvalue weighted by Crippen LogP contribution is -2.49. The Bertz CT molecular complexity index is 1780. The molecule has 7 rings (SSSR count). The summed E-state index contributed by atoms with van der Waals surface area (Å²) in [6.45, 7) is 0. The van der Waals surface area contributed by atoms with E-state index in [2.05, 4.69) is 5.32 Å². The number of para-hydroxylation sites is 1. The van der Waals surface area contributed by atoms with Gasteiger partial charge in [0.05, 0.1) is 31.7 Å². The lowest BCUT2D eigenvalue weighted by atomic mass is 9.62. The molecule has 1 spiro atoms. The van der Waals surface area contributed by atoms with Crippen molar-refractivity contribution in [1.82, 2.24) is 4.90 Å². The fourth-order valence-electron chi connectivity index (χ4n) is 7.11. The molecule has 1 fully saturated rings. The fourth-order valence-corrected chi connectivity index (χ4v) is 7.11. The van der Waals surface area contributed by atoms with Gasteiger partial charge in [-0.25, -0.2) is 0 Å². The molecule has 3 heterocycles. The number of hydrogen-bond donors (Lipinski definition) is 1. The van der Waals surface area contributed by atoms with Gasteiger partial charge in [-0.2, -0.15) is 0 Å². The number of nitrogens with zero attached hydrogens (tertiary/aromatic N) is 1. The number of benzene rings is 4. The van der Waals surface area contributed by atoms with Crippen LogP contribution in [-0.2, 0) is 10.2 Å². The van der Waals surface area contributed by atoms with Crippen LogP contribution in [0.4, 0.5) is 5.69 Å². The van der Waals surface area contributed by atoms with Gasteiger partial charge >= 0.3 is 0 Å². The van der Waals surface area contributed by atoms with Gasteiger partial charge < -0.3 is 19.7 Å². The molecule has 208 valence electrons. The normalized spacial score (nSPS) is 23.1. The molecule has 1 N–H and O–H groups in total. The summed E-state index contributed by atoms with van der Waals surface area (Å²) in [7, 11) is 3.04. The van der Waals surface area contributed by atoms with Crippen LogP contribution in [0.2, 0.25) is 0 Å². The standard InChI is InChI=1S/C35H28N2O5/c1-41-23-16-17-25(28(20-23)42-2)32(39)30-29(31(38)22-11-4-3-5-12-22)35(26-14-8-9-15-27(26)36-34(35)40)33-24-13-7-6-10-21(24)18-19-37(30)33/h3-20,29-30,33H,1-2H3,(H,36,40)/t29-,30-,33+,35-/m0/s1. The lowest BCUT2D eigenvalue weighted by Gasteiger charge is -2.38. The lowest BCUT2D eigenvalue weighted by molar-refractivity contribution is -0.122. The van der Waals surface area contributed by atoms with Crippen LogP contribution in [0.25, 0.3) is 6.08 Å². The first kappa shape index (κ1) is 25.8. The first-order chi connectivity index (χ1) is 20.5. The average molecular weight is 557 g/mol. The third-order valence-corrected chi connectivity index (χ3v) is 8.85. The Morgan fingerprint density at radius 1 is 0.833 bits per heavy atom. The molecule has 4 atom stereocenters. The minimum Gasteiger partial charge on any atom is -0.497 e. The number of Topliss-reactive ketones (excluding diaryl/α,β-unsaturated/α-hetero) is 2. The van der Waals surface area contributed by atoms with Crippen LogP contribution in [0.1, 0.15) is 43.4 Å². The molecule has 0 aromatic heterocycles. The highest BCUT2D eigenvalue weighted by molar-refractivity contribution is 6.17. The Kier molecular flexibility index (Phi) is 5.97. The van der Waals surface area contributed by atoms with Crippen LogP contribution >= 0.6 is 0 Å². The summed E-state index contributed by atoms with van der Waals surface area (Å²) < 4.78 is 11.0. The molecule has 1 saturated heterocycles. The van der Waals surface area contributed by atoms with Crippen LogP contribution in [-0.4, -0.2) is 42.6 Å². The summed E-state index contributed by atoms with van der Waals surface area (Å²) >= 11 is 0. The van der Waals surface area contributed by atoms with Crippen molar-refractivity contribution in [2.45, 2.75) is 17.5 Å². The van der Waals surface area contributed by atoms with Gasteiger partial charge in [0, 0.05) is 23.5 Å². The van der Waals surface area contributed by atoms with Crippen LogP contribution in [0.5, 0.6) is 11.5 Å². The molecule has 3 aliphatic heterocycles. The number of fused-ring (bicyclic) bond motifs is 6. The van der Waals surface area contributed by atoms with Crippen LogP contribution in [0.3, 0.4) is 0 Å². The zero-order chi connectivity index (χ0) is 29.0. The van der Waals surface area contributed by atoms with E-state index >= 15 is 0 Å². The van der Waals surface area contributed by atoms with E-state index < -0.39 is 23.4 Å². The first-order valence-electron chi connectivity index (χ1n) is 13.8. The monoisotopic (exact) mass is 556 g/mol. The third kappa shape index (κ3) is 3.49. The third-order valence-electron chi connectivity index (χ3n) is 8.85. The molecular weight excluding hydrogens is 528 g/mol. The summed E-state index contributed by atoms with van der Waals surface area (Å²) in [4.78, 5) is 46.0. The van der Waals surface area contributed by atoms with E-state index in [4.69, 9.17) is 9.47 Å². The number of rotatable bonds is 6. The van der Waals surface area contributed by atoms with Crippen molar-refractivity contribution in [1.29, 1.82) is 0 Å². The second-order valence-corrected chi connectivity index (χ2v) is 10.7. The van der Waals surface area contributed by atoms with E-state index in [0.29, 0.717) is 33.9 Å². The highest BCUT2D eigenvalue weighted by Crippen LogP contribution is 2.62. The zero-order valence-electron chi connectivity index (χ0n) is 23.1. The van der Waals surface area contributed by atoms with Crippen molar-refractivity contribution in [3.05, 3.63) is 131 Å². The fraction of sp³-hybridized carbons (Fsp3) is 0.171. The number of ketones is 2. The molecular formula is C35H28N2O5.